The average Bonchev–Trinajstić information content (AvgIpc) is 2.69. The molecule has 1 fully saturated rings. The molecule has 2 unspecified atom stereocenters. The van der Waals surface area contributed by atoms with Crippen molar-refractivity contribution < 1.29 is 9.47 Å². The molecule has 1 aliphatic heterocycles. The molecular weight excluding hydrogens is 190 g/mol. The molecule has 1 aliphatic rings. The summed E-state index contributed by atoms with van der Waals surface area (Å²) in [6.07, 6.45) is 2.51. The Balaban J connectivity index is 1.88. The highest BCUT2D eigenvalue weighted by Gasteiger charge is 2.15. The summed E-state index contributed by atoms with van der Waals surface area (Å²) in [5.74, 6) is 0.703. The van der Waals surface area contributed by atoms with Crippen LogP contribution in [0, 0.1) is 5.92 Å². The van der Waals surface area contributed by atoms with Gasteiger partial charge in [0.2, 0.25) is 0 Å². The molecule has 1 rings (SSSR count). The topological polar surface area (TPSA) is 30.5 Å². The first-order valence-electron chi connectivity index (χ1n) is 6.13. The second-order valence-electron chi connectivity index (χ2n) is 4.70. The number of nitrogens with one attached hydrogen (secondary N) is 1. The van der Waals surface area contributed by atoms with Crippen LogP contribution in [0.4, 0.5) is 0 Å². The first kappa shape index (κ1) is 12.9. The predicted octanol–water partition coefficient (Wildman–Crippen LogP) is 1.82. The van der Waals surface area contributed by atoms with Gasteiger partial charge >= 0.3 is 0 Å². The van der Waals surface area contributed by atoms with Crippen molar-refractivity contribution in [2.75, 3.05) is 26.4 Å². The Morgan fingerprint density at radius 3 is 2.80 bits per heavy atom. The molecule has 0 aromatic rings. The van der Waals surface area contributed by atoms with Gasteiger partial charge in [0, 0.05) is 19.3 Å². The molecule has 2 atom stereocenters. The minimum absolute atomic E-state index is 0.354. The van der Waals surface area contributed by atoms with Gasteiger partial charge in [-0.05, 0) is 32.2 Å². The van der Waals surface area contributed by atoms with Gasteiger partial charge in [0.05, 0.1) is 12.7 Å². The van der Waals surface area contributed by atoms with Crippen molar-refractivity contribution in [3.05, 3.63) is 0 Å². The Morgan fingerprint density at radius 1 is 1.40 bits per heavy atom. The SMILES string of the molecule is CC(C)C(C)NCCCOC1CCOC1. The molecule has 3 nitrogen and oxygen atoms in total. The molecule has 3 heteroatoms. The third kappa shape index (κ3) is 5.50. The molecule has 1 N–H and O–H groups in total. The summed E-state index contributed by atoms with van der Waals surface area (Å²) in [5.41, 5.74) is 0. The van der Waals surface area contributed by atoms with Crippen LogP contribution < -0.4 is 5.32 Å². The van der Waals surface area contributed by atoms with Crippen LogP contribution in [-0.2, 0) is 9.47 Å². The summed E-state index contributed by atoms with van der Waals surface area (Å²) < 4.78 is 10.9. The van der Waals surface area contributed by atoms with Gasteiger partial charge in [0.1, 0.15) is 0 Å². The van der Waals surface area contributed by atoms with Crippen molar-refractivity contribution in [3.63, 3.8) is 0 Å². The minimum atomic E-state index is 0.354. The van der Waals surface area contributed by atoms with Crippen LogP contribution in [0.1, 0.15) is 33.6 Å². The van der Waals surface area contributed by atoms with E-state index in [9.17, 15) is 0 Å². The zero-order valence-corrected chi connectivity index (χ0v) is 10.3. The summed E-state index contributed by atoms with van der Waals surface area (Å²) in [6.45, 7) is 10.3. The summed E-state index contributed by atoms with van der Waals surface area (Å²) in [7, 11) is 0. The normalized spacial score (nSPS) is 23.6. The maximum atomic E-state index is 5.68. The second kappa shape index (κ2) is 7.20. The molecule has 0 aromatic heterocycles. The van der Waals surface area contributed by atoms with Gasteiger partial charge in [-0.2, -0.15) is 0 Å². The lowest BCUT2D eigenvalue weighted by molar-refractivity contribution is 0.0413. The van der Waals surface area contributed by atoms with E-state index in [1.807, 2.05) is 0 Å². The van der Waals surface area contributed by atoms with E-state index in [-0.39, 0.29) is 0 Å². The van der Waals surface area contributed by atoms with E-state index < -0.39 is 0 Å². The number of hydrogen-bond donors (Lipinski definition) is 1. The summed E-state index contributed by atoms with van der Waals surface area (Å²) >= 11 is 0. The standard InChI is InChI=1S/C12H25NO2/c1-10(2)11(3)13-6-4-7-15-12-5-8-14-9-12/h10-13H,4-9H2,1-3H3. The van der Waals surface area contributed by atoms with Crippen LogP contribution in [0.3, 0.4) is 0 Å². The monoisotopic (exact) mass is 215 g/mol. The van der Waals surface area contributed by atoms with Crippen LogP contribution >= 0.6 is 0 Å². The van der Waals surface area contributed by atoms with Gasteiger partial charge in [-0.15, -0.1) is 0 Å². The van der Waals surface area contributed by atoms with E-state index in [4.69, 9.17) is 9.47 Å². The van der Waals surface area contributed by atoms with Gasteiger partial charge in [-0.1, -0.05) is 13.8 Å². The first-order chi connectivity index (χ1) is 7.20. The quantitative estimate of drug-likeness (QED) is 0.657. The van der Waals surface area contributed by atoms with Crippen molar-refractivity contribution in [3.8, 4) is 0 Å². The fourth-order valence-electron chi connectivity index (χ4n) is 1.53. The van der Waals surface area contributed by atoms with Crippen molar-refractivity contribution in [2.45, 2.75) is 45.8 Å². The third-order valence-corrected chi connectivity index (χ3v) is 3.03. The maximum Gasteiger partial charge on any atom is 0.0830 e. The van der Waals surface area contributed by atoms with Gasteiger partial charge in [-0.3, -0.25) is 0 Å². The van der Waals surface area contributed by atoms with Crippen LogP contribution in [0.5, 0.6) is 0 Å². The number of ether oxygens (including phenoxy) is 2. The van der Waals surface area contributed by atoms with Crippen LogP contribution in [0.2, 0.25) is 0 Å². The van der Waals surface area contributed by atoms with Crippen LogP contribution in [0.25, 0.3) is 0 Å². The second-order valence-corrected chi connectivity index (χ2v) is 4.70. The van der Waals surface area contributed by atoms with Gasteiger partial charge < -0.3 is 14.8 Å². The average molecular weight is 215 g/mol. The highest BCUT2D eigenvalue weighted by Crippen LogP contribution is 2.08. The van der Waals surface area contributed by atoms with E-state index in [0.717, 1.165) is 39.2 Å². The predicted molar refractivity (Wildman–Crippen MR) is 62.1 cm³/mol. The van der Waals surface area contributed by atoms with E-state index in [2.05, 4.69) is 26.1 Å². The largest absolute Gasteiger partial charge is 0.379 e. The molecule has 0 bridgehead atoms. The lowest BCUT2D eigenvalue weighted by atomic mass is 10.1. The Kier molecular flexibility index (Phi) is 6.22. The highest BCUT2D eigenvalue weighted by molar-refractivity contribution is 4.65. The Morgan fingerprint density at radius 2 is 2.20 bits per heavy atom. The van der Waals surface area contributed by atoms with Gasteiger partial charge in [-0.25, -0.2) is 0 Å². The van der Waals surface area contributed by atoms with Crippen LogP contribution in [-0.4, -0.2) is 38.5 Å². The lowest BCUT2D eigenvalue weighted by Gasteiger charge is -2.17. The highest BCUT2D eigenvalue weighted by atomic mass is 16.5. The van der Waals surface area contributed by atoms with Crippen molar-refractivity contribution in [2.24, 2.45) is 5.92 Å². The zero-order valence-electron chi connectivity index (χ0n) is 10.3. The molecule has 0 saturated carbocycles. The molecule has 0 amide bonds. The first-order valence-corrected chi connectivity index (χ1v) is 6.13. The fourth-order valence-corrected chi connectivity index (χ4v) is 1.53. The van der Waals surface area contributed by atoms with E-state index >= 15 is 0 Å². The molecule has 0 aliphatic carbocycles. The Bertz CT molecular complexity index is 152. The van der Waals surface area contributed by atoms with Gasteiger partial charge in [0.25, 0.3) is 0 Å². The molecule has 1 saturated heterocycles. The fraction of sp³-hybridized carbons (Fsp3) is 1.00. The third-order valence-electron chi connectivity index (χ3n) is 3.03. The molecule has 1 heterocycles. The summed E-state index contributed by atoms with van der Waals surface area (Å²) in [6, 6.07) is 0.597. The molecule has 90 valence electrons. The van der Waals surface area contributed by atoms with E-state index in [0.29, 0.717) is 18.1 Å². The van der Waals surface area contributed by atoms with Crippen molar-refractivity contribution in [1.29, 1.82) is 0 Å². The molecule has 0 spiro atoms. The lowest BCUT2D eigenvalue weighted by Crippen LogP contribution is -2.32. The zero-order chi connectivity index (χ0) is 11.1. The number of hydrogen-bond acceptors (Lipinski definition) is 3. The summed E-state index contributed by atoms with van der Waals surface area (Å²) in [5, 5.41) is 3.50. The summed E-state index contributed by atoms with van der Waals surface area (Å²) in [4.78, 5) is 0. The van der Waals surface area contributed by atoms with E-state index in [1.54, 1.807) is 0 Å². The van der Waals surface area contributed by atoms with Gasteiger partial charge in [0.15, 0.2) is 0 Å². The molecule has 0 aromatic carbocycles. The Hall–Kier alpha value is -0.120. The number of rotatable bonds is 7. The molecule has 0 radical (unpaired) electrons. The maximum absolute atomic E-state index is 5.68. The minimum Gasteiger partial charge on any atom is -0.379 e. The smallest absolute Gasteiger partial charge is 0.0830 e. The van der Waals surface area contributed by atoms with Crippen molar-refractivity contribution >= 4 is 0 Å². The Labute approximate surface area is 93.5 Å². The van der Waals surface area contributed by atoms with E-state index in [1.165, 1.54) is 0 Å². The molecule has 15 heavy (non-hydrogen) atoms. The van der Waals surface area contributed by atoms with Crippen LogP contribution in [0.15, 0.2) is 0 Å². The molecular formula is C12H25NO2. The van der Waals surface area contributed by atoms with Crippen molar-refractivity contribution in [1.82, 2.24) is 5.32 Å².